The van der Waals surface area contributed by atoms with Crippen LogP contribution in [0.3, 0.4) is 0 Å². The monoisotopic (exact) mass is 315 g/mol. The molecule has 0 unspecified atom stereocenters. The Morgan fingerprint density at radius 3 is 2.15 bits per heavy atom. The first-order chi connectivity index (χ1) is 9.74. The lowest BCUT2D eigenvalue weighted by Crippen LogP contribution is -2.14. The van der Waals surface area contributed by atoms with Crippen molar-refractivity contribution in [3.05, 3.63) is 33.8 Å². The van der Waals surface area contributed by atoms with Crippen LogP contribution in [0.15, 0.2) is 18.2 Å². The molecular formula is C17H27Cl2N. The Bertz CT molecular complexity index is 366. The van der Waals surface area contributed by atoms with Crippen LogP contribution in [0.5, 0.6) is 0 Å². The van der Waals surface area contributed by atoms with Gasteiger partial charge in [0.25, 0.3) is 0 Å². The van der Waals surface area contributed by atoms with Crippen molar-refractivity contribution in [3.8, 4) is 0 Å². The van der Waals surface area contributed by atoms with Crippen LogP contribution in [0.1, 0.15) is 63.9 Å². The summed E-state index contributed by atoms with van der Waals surface area (Å²) in [6.07, 6.45) is 10.9. The number of halogens is 2. The smallest absolute Gasteiger partial charge is 0.0595 e. The van der Waals surface area contributed by atoms with E-state index in [9.17, 15) is 0 Å². The lowest BCUT2D eigenvalue weighted by Gasteiger charge is -2.06. The summed E-state index contributed by atoms with van der Waals surface area (Å²) < 4.78 is 0. The van der Waals surface area contributed by atoms with E-state index in [1.807, 2.05) is 18.2 Å². The fraction of sp³-hybridized carbons (Fsp3) is 0.647. The number of hydrogen-bond acceptors (Lipinski definition) is 1. The normalized spacial score (nSPS) is 10.9. The summed E-state index contributed by atoms with van der Waals surface area (Å²) in [5, 5.41) is 4.72. The molecule has 0 aromatic heterocycles. The quantitative estimate of drug-likeness (QED) is 0.478. The second-order valence-corrected chi connectivity index (χ2v) is 6.21. The fourth-order valence-corrected chi connectivity index (χ4v) is 2.59. The van der Waals surface area contributed by atoms with E-state index in [1.165, 1.54) is 56.9 Å². The molecule has 1 aromatic carbocycles. The third-order valence-electron chi connectivity index (χ3n) is 3.52. The number of benzene rings is 1. The molecule has 0 heterocycles. The first kappa shape index (κ1) is 17.8. The van der Waals surface area contributed by atoms with Gasteiger partial charge in [0, 0.05) is 6.54 Å². The highest BCUT2D eigenvalue weighted by molar-refractivity contribution is 6.42. The van der Waals surface area contributed by atoms with Gasteiger partial charge in [0.2, 0.25) is 0 Å². The molecule has 20 heavy (non-hydrogen) atoms. The van der Waals surface area contributed by atoms with Crippen LogP contribution in [-0.2, 0) is 6.54 Å². The molecule has 0 spiro atoms. The van der Waals surface area contributed by atoms with Gasteiger partial charge in [-0.15, -0.1) is 0 Å². The molecule has 0 aliphatic rings. The summed E-state index contributed by atoms with van der Waals surface area (Å²) in [5.74, 6) is 0. The van der Waals surface area contributed by atoms with E-state index in [4.69, 9.17) is 23.2 Å². The lowest BCUT2D eigenvalue weighted by molar-refractivity contribution is 0.555. The first-order valence-corrected chi connectivity index (χ1v) is 8.64. The van der Waals surface area contributed by atoms with Gasteiger partial charge in [0.05, 0.1) is 10.0 Å². The maximum atomic E-state index is 5.99. The van der Waals surface area contributed by atoms with E-state index in [2.05, 4.69) is 12.2 Å². The minimum Gasteiger partial charge on any atom is -0.313 e. The molecule has 0 aliphatic carbocycles. The van der Waals surface area contributed by atoms with Gasteiger partial charge in [-0.3, -0.25) is 0 Å². The molecule has 1 N–H and O–H groups in total. The Hall–Kier alpha value is -0.240. The zero-order chi connectivity index (χ0) is 14.6. The maximum absolute atomic E-state index is 5.99. The van der Waals surface area contributed by atoms with Crippen LogP contribution < -0.4 is 5.32 Å². The molecule has 0 atom stereocenters. The van der Waals surface area contributed by atoms with E-state index in [1.54, 1.807) is 0 Å². The molecule has 0 saturated heterocycles. The van der Waals surface area contributed by atoms with Crippen LogP contribution in [-0.4, -0.2) is 6.54 Å². The molecule has 1 aromatic rings. The maximum Gasteiger partial charge on any atom is 0.0595 e. The molecule has 0 bridgehead atoms. The highest BCUT2D eigenvalue weighted by Crippen LogP contribution is 2.22. The summed E-state index contributed by atoms with van der Waals surface area (Å²) in [5.41, 5.74) is 1.19. The SMILES string of the molecule is CCCCCCCCCCNCc1ccc(Cl)c(Cl)c1. The molecule has 0 radical (unpaired) electrons. The molecular weight excluding hydrogens is 289 g/mol. The van der Waals surface area contributed by atoms with Crippen molar-refractivity contribution in [2.45, 2.75) is 64.8 Å². The van der Waals surface area contributed by atoms with Gasteiger partial charge in [0.1, 0.15) is 0 Å². The first-order valence-electron chi connectivity index (χ1n) is 7.88. The van der Waals surface area contributed by atoms with Gasteiger partial charge in [-0.25, -0.2) is 0 Å². The Morgan fingerprint density at radius 1 is 0.850 bits per heavy atom. The molecule has 0 saturated carbocycles. The van der Waals surface area contributed by atoms with Crippen molar-refractivity contribution in [2.24, 2.45) is 0 Å². The lowest BCUT2D eigenvalue weighted by atomic mass is 10.1. The largest absolute Gasteiger partial charge is 0.313 e. The van der Waals surface area contributed by atoms with E-state index >= 15 is 0 Å². The minimum atomic E-state index is 0.624. The van der Waals surface area contributed by atoms with Gasteiger partial charge >= 0.3 is 0 Å². The highest BCUT2D eigenvalue weighted by atomic mass is 35.5. The van der Waals surface area contributed by atoms with E-state index < -0.39 is 0 Å². The van der Waals surface area contributed by atoms with Crippen molar-refractivity contribution >= 4 is 23.2 Å². The van der Waals surface area contributed by atoms with Gasteiger partial charge in [-0.05, 0) is 30.7 Å². The van der Waals surface area contributed by atoms with Crippen molar-refractivity contribution in [1.29, 1.82) is 0 Å². The average Bonchev–Trinajstić information content (AvgIpc) is 2.45. The molecule has 3 heteroatoms. The topological polar surface area (TPSA) is 12.0 Å². The Balaban J connectivity index is 1.95. The third kappa shape index (κ3) is 8.14. The zero-order valence-electron chi connectivity index (χ0n) is 12.6. The van der Waals surface area contributed by atoms with Gasteiger partial charge in [0.15, 0.2) is 0 Å². The van der Waals surface area contributed by atoms with E-state index in [-0.39, 0.29) is 0 Å². The van der Waals surface area contributed by atoms with Crippen molar-refractivity contribution in [3.63, 3.8) is 0 Å². The Kier molecular flexibility index (Phi) is 10.2. The van der Waals surface area contributed by atoms with Crippen molar-refractivity contribution in [1.82, 2.24) is 5.32 Å². The minimum absolute atomic E-state index is 0.624. The second kappa shape index (κ2) is 11.4. The van der Waals surface area contributed by atoms with Crippen LogP contribution >= 0.6 is 23.2 Å². The van der Waals surface area contributed by atoms with Crippen LogP contribution in [0.25, 0.3) is 0 Å². The van der Waals surface area contributed by atoms with Gasteiger partial charge < -0.3 is 5.32 Å². The van der Waals surface area contributed by atoms with E-state index in [0.29, 0.717) is 10.0 Å². The summed E-state index contributed by atoms with van der Waals surface area (Å²) in [6, 6.07) is 5.82. The predicted molar refractivity (Wildman–Crippen MR) is 90.8 cm³/mol. The summed E-state index contributed by atoms with van der Waals surface area (Å²) in [4.78, 5) is 0. The zero-order valence-corrected chi connectivity index (χ0v) is 14.1. The summed E-state index contributed by atoms with van der Waals surface area (Å²) in [7, 11) is 0. The summed E-state index contributed by atoms with van der Waals surface area (Å²) in [6.45, 7) is 4.21. The third-order valence-corrected chi connectivity index (χ3v) is 4.26. The van der Waals surface area contributed by atoms with Gasteiger partial charge in [-0.2, -0.15) is 0 Å². The molecule has 1 rings (SSSR count). The molecule has 0 amide bonds. The Labute approximate surface area is 134 Å². The van der Waals surface area contributed by atoms with Crippen molar-refractivity contribution in [2.75, 3.05) is 6.54 Å². The predicted octanol–water partition coefficient (Wildman–Crippen LogP) is 6.22. The second-order valence-electron chi connectivity index (χ2n) is 5.40. The van der Waals surface area contributed by atoms with Gasteiger partial charge in [-0.1, -0.05) is 81.1 Å². The number of rotatable bonds is 11. The van der Waals surface area contributed by atoms with Crippen LogP contribution in [0.4, 0.5) is 0 Å². The Morgan fingerprint density at radius 2 is 1.50 bits per heavy atom. The number of unbranched alkanes of at least 4 members (excludes halogenated alkanes) is 7. The molecule has 0 fully saturated rings. The van der Waals surface area contributed by atoms with E-state index in [0.717, 1.165) is 13.1 Å². The molecule has 114 valence electrons. The summed E-state index contributed by atoms with van der Waals surface area (Å²) >= 11 is 11.9. The molecule has 0 aliphatic heterocycles. The number of hydrogen-bond donors (Lipinski definition) is 1. The highest BCUT2D eigenvalue weighted by Gasteiger charge is 1.99. The fourth-order valence-electron chi connectivity index (χ4n) is 2.27. The van der Waals surface area contributed by atoms with Crippen LogP contribution in [0.2, 0.25) is 10.0 Å². The average molecular weight is 316 g/mol. The molecule has 1 nitrogen and oxygen atoms in total. The number of nitrogens with one attached hydrogen (secondary N) is 1. The van der Waals surface area contributed by atoms with Crippen molar-refractivity contribution < 1.29 is 0 Å². The van der Waals surface area contributed by atoms with Crippen LogP contribution in [0, 0.1) is 0 Å². The standard InChI is InChI=1S/C17H27Cl2N/c1-2-3-4-5-6-7-8-9-12-20-14-15-10-11-16(18)17(19)13-15/h10-11,13,20H,2-9,12,14H2,1H3.